The number of sulfone groups is 1. The Bertz CT molecular complexity index is 1190. The van der Waals surface area contributed by atoms with Gasteiger partial charge >= 0.3 is 0 Å². The second kappa shape index (κ2) is 7.66. The average molecular weight is 416 g/mol. The highest BCUT2D eigenvalue weighted by Gasteiger charge is 2.20. The molecule has 1 atom stereocenters. The molecule has 1 aliphatic heterocycles. The van der Waals surface area contributed by atoms with Crippen LogP contribution in [0.4, 0.5) is 0 Å². The number of hydrogen-bond donors (Lipinski definition) is 1. The third kappa shape index (κ3) is 3.70. The van der Waals surface area contributed by atoms with Crippen molar-refractivity contribution >= 4 is 38.7 Å². The molecule has 146 valence electrons. The third-order valence-electron chi connectivity index (χ3n) is 5.29. The number of fused-ring (bicyclic) bond motifs is 1. The molecule has 1 aliphatic rings. The van der Waals surface area contributed by atoms with Crippen molar-refractivity contribution < 1.29 is 17.7 Å². The zero-order valence-corrected chi connectivity index (χ0v) is 17.4. The van der Waals surface area contributed by atoms with E-state index in [-0.39, 0.29) is 5.75 Å². The Hall–Kier alpha value is -2.22. The van der Waals surface area contributed by atoms with Gasteiger partial charge in [-0.15, -0.1) is 0 Å². The van der Waals surface area contributed by atoms with Crippen LogP contribution in [-0.4, -0.2) is 31.8 Å². The fraction of sp³-hybridized carbons (Fsp3) is 0.286. The average Bonchev–Trinajstić information content (AvgIpc) is 3.04. The number of nitrogens with one attached hydrogen (secondary N) is 1. The molecule has 0 saturated carbocycles. The highest BCUT2D eigenvalue weighted by atomic mass is 32.2. The van der Waals surface area contributed by atoms with Gasteiger partial charge in [0.25, 0.3) is 4.84 Å². The molecule has 0 saturated heterocycles. The van der Waals surface area contributed by atoms with Gasteiger partial charge in [-0.25, -0.2) is 8.42 Å². The fourth-order valence-electron chi connectivity index (χ4n) is 3.62. The van der Waals surface area contributed by atoms with Crippen molar-refractivity contribution in [2.75, 3.05) is 18.8 Å². The predicted octanol–water partition coefficient (Wildman–Crippen LogP) is 3.09. The van der Waals surface area contributed by atoms with Crippen LogP contribution in [0.25, 0.3) is 16.7 Å². The maximum absolute atomic E-state index is 12.2. The van der Waals surface area contributed by atoms with Crippen LogP contribution in [0.15, 0.2) is 63.9 Å². The summed E-state index contributed by atoms with van der Waals surface area (Å²) in [6.45, 7) is 4.18. The van der Waals surface area contributed by atoms with Crippen molar-refractivity contribution in [1.82, 2.24) is 4.57 Å². The van der Waals surface area contributed by atoms with E-state index >= 15 is 0 Å². The molecule has 0 radical (unpaired) electrons. The molecule has 1 aromatic heterocycles. The molecule has 5 nitrogen and oxygen atoms in total. The summed E-state index contributed by atoms with van der Waals surface area (Å²) in [6, 6.07) is 15.4. The number of oxazole rings is 1. The summed E-state index contributed by atoms with van der Waals surface area (Å²) in [5, 5.41) is 0. The first-order chi connectivity index (χ1) is 13.5. The lowest BCUT2D eigenvalue weighted by Gasteiger charge is -2.24. The molecule has 0 aliphatic carbocycles. The molecule has 0 spiro atoms. The topological polar surface area (TPSA) is 56.6 Å². The van der Waals surface area contributed by atoms with Crippen LogP contribution in [0, 0.1) is 4.84 Å². The van der Waals surface area contributed by atoms with Gasteiger partial charge in [-0.2, -0.15) is 0 Å². The second-order valence-electron chi connectivity index (χ2n) is 7.04. The lowest BCUT2D eigenvalue weighted by molar-refractivity contribution is -0.917. The zero-order chi connectivity index (χ0) is 19.7. The first-order valence-electron chi connectivity index (χ1n) is 9.42. The van der Waals surface area contributed by atoms with Crippen LogP contribution in [-0.2, 0) is 16.5 Å². The number of nitrogens with zero attached hydrogens (tertiary/aromatic N) is 1. The Morgan fingerprint density at radius 2 is 1.96 bits per heavy atom. The summed E-state index contributed by atoms with van der Waals surface area (Å²) < 4.78 is 32.1. The first kappa shape index (κ1) is 19.1. The summed E-state index contributed by atoms with van der Waals surface area (Å²) in [5.74, 6) is 0.0710. The molecule has 2 aromatic carbocycles. The number of quaternary nitrogens is 1. The van der Waals surface area contributed by atoms with Crippen molar-refractivity contribution in [3.63, 3.8) is 0 Å². The van der Waals surface area contributed by atoms with Gasteiger partial charge in [0.15, 0.2) is 22.1 Å². The van der Waals surface area contributed by atoms with Gasteiger partial charge in [-0.1, -0.05) is 37.3 Å². The van der Waals surface area contributed by atoms with Crippen molar-refractivity contribution in [2.24, 2.45) is 0 Å². The number of rotatable bonds is 5. The second-order valence-corrected chi connectivity index (χ2v) is 9.66. The minimum absolute atomic E-state index is 0.0710. The molecule has 0 amide bonds. The van der Waals surface area contributed by atoms with Crippen molar-refractivity contribution in [3.8, 4) is 0 Å². The predicted molar refractivity (Wildman–Crippen MR) is 112 cm³/mol. The van der Waals surface area contributed by atoms with E-state index in [4.69, 9.17) is 16.6 Å². The summed E-state index contributed by atoms with van der Waals surface area (Å²) >= 11 is 5.40. The van der Waals surface area contributed by atoms with Gasteiger partial charge in [0.05, 0.1) is 29.3 Å². The minimum Gasteiger partial charge on any atom is -0.429 e. The highest BCUT2D eigenvalue weighted by Crippen LogP contribution is 2.22. The Morgan fingerprint density at radius 1 is 1.18 bits per heavy atom. The monoisotopic (exact) mass is 415 g/mol. The van der Waals surface area contributed by atoms with E-state index in [1.54, 1.807) is 25.1 Å². The maximum atomic E-state index is 12.2. The van der Waals surface area contributed by atoms with Crippen LogP contribution in [0.5, 0.6) is 0 Å². The zero-order valence-electron chi connectivity index (χ0n) is 15.7. The lowest BCUT2D eigenvalue weighted by Crippen LogP contribution is -3.11. The molecular formula is C21H23N2O3S2+. The summed E-state index contributed by atoms with van der Waals surface area (Å²) in [7, 11) is -3.27. The Morgan fingerprint density at radius 3 is 2.64 bits per heavy atom. The molecule has 7 heteroatoms. The van der Waals surface area contributed by atoms with E-state index in [9.17, 15) is 8.42 Å². The molecule has 3 aromatic rings. The molecule has 28 heavy (non-hydrogen) atoms. The molecule has 2 heterocycles. The smallest absolute Gasteiger partial charge is 0.274 e. The van der Waals surface area contributed by atoms with Crippen LogP contribution in [0.1, 0.15) is 18.9 Å². The van der Waals surface area contributed by atoms with Gasteiger partial charge < -0.3 is 9.32 Å². The Labute approximate surface area is 169 Å². The fourth-order valence-corrected chi connectivity index (χ4v) is 4.77. The molecular weight excluding hydrogens is 392 g/mol. The minimum atomic E-state index is -3.27. The van der Waals surface area contributed by atoms with Gasteiger partial charge in [0.1, 0.15) is 0 Å². The van der Waals surface area contributed by atoms with Crippen molar-refractivity contribution in [2.45, 2.75) is 24.9 Å². The third-order valence-corrected chi connectivity index (χ3v) is 7.33. The number of benzene rings is 2. The van der Waals surface area contributed by atoms with Crippen LogP contribution >= 0.6 is 12.2 Å². The van der Waals surface area contributed by atoms with Crippen LogP contribution in [0.3, 0.4) is 0 Å². The quantitative estimate of drug-likeness (QED) is 0.651. The van der Waals surface area contributed by atoms with Gasteiger partial charge in [-0.05, 0) is 47.6 Å². The van der Waals surface area contributed by atoms with Crippen molar-refractivity contribution in [3.05, 3.63) is 65.0 Å². The van der Waals surface area contributed by atoms with Gasteiger partial charge in [0.2, 0.25) is 0 Å². The standard InChI is InChI=1S/C21H22N2O3S2/c1-2-28(24,25)18-8-9-20-19(14-18)23(21(27)26-20)15-22-12-10-17(11-13-22)16-6-4-3-5-7-16/h3-10,14H,2,11-13,15H2,1H3/p+1. The largest absolute Gasteiger partial charge is 0.429 e. The van der Waals surface area contributed by atoms with E-state index in [1.165, 1.54) is 16.0 Å². The summed E-state index contributed by atoms with van der Waals surface area (Å²) in [6.07, 6.45) is 3.28. The molecule has 1 unspecified atom stereocenters. The summed E-state index contributed by atoms with van der Waals surface area (Å²) in [5.41, 5.74) is 4.02. The molecule has 4 rings (SSSR count). The van der Waals surface area contributed by atoms with Crippen molar-refractivity contribution in [1.29, 1.82) is 0 Å². The molecule has 1 N–H and O–H groups in total. The van der Waals surface area contributed by atoms with Gasteiger partial charge in [0, 0.05) is 6.42 Å². The van der Waals surface area contributed by atoms with Crippen LogP contribution < -0.4 is 4.90 Å². The van der Waals surface area contributed by atoms with E-state index in [0.717, 1.165) is 25.0 Å². The molecule has 0 bridgehead atoms. The van der Waals surface area contributed by atoms with Gasteiger partial charge in [-0.3, -0.25) is 4.57 Å². The van der Waals surface area contributed by atoms with E-state index in [1.807, 2.05) is 10.6 Å². The van der Waals surface area contributed by atoms with Crippen LogP contribution in [0.2, 0.25) is 0 Å². The van der Waals surface area contributed by atoms with E-state index in [0.29, 0.717) is 22.0 Å². The normalized spacial score (nSPS) is 17.6. The van der Waals surface area contributed by atoms with E-state index in [2.05, 4.69) is 30.3 Å². The lowest BCUT2D eigenvalue weighted by atomic mass is 10.00. The number of hydrogen-bond acceptors (Lipinski definition) is 4. The summed E-state index contributed by atoms with van der Waals surface area (Å²) in [4.78, 5) is 2.06. The Kier molecular flexibility index (Phi) is 5.23. The number of aromatic nitrogens is 1. The SMILES string of the molecule is CCS(=O)(=O)c1ccc2oc(=S)n(C[NH+]3CC=C(c4ccccc4)CC3)c2c1. The van der Waals surface area contributed by atoms with E-state index < -0.39 is 9.84 Å². The first-order valence-corrected chi connectivity index (χ1v) is 11.5. The highest BCUT2D eigenvalue weighted by molar-refractivity contribution is 7.91. The maximum Gasteiger partial charge on any atom is 0.274 e. The molecule has 0 fully saturated rings. The Balaban J connectivity index is 1.60.